The number of piperidine rings is 1. The Balaban J connectivity index is 2.37. The number of hydrogen-bond acceptors (Lipinski definition) is 2. The third kappa shape index (κ3) is 4.12. The van der Waals surface area contributed by atoms with Crippen molar-refractivity contribution in [2.75, 3.05) is 26.7 Å². The Morgan fingerprint density at radius 1 is 1.47 bits per heavy atom. The third-order valence-electron chi connectivity index (χ3n) is 3.78. The van der Waals surface area contributed by atoms with Crippen LogP contribution in [0.4, 0.5) is 0 Å². The molecule has 0 spiro atoms. The molecule has 15 heavy (non-hydrogen) atoms. The Labute approximate surface area is 95.4 Å². The molecule has 1 aliphatic heterocycles. The van der Waals surface area contributed by atoms with Crippen molar-refractivity contribution in [2.45, 2.75) is 52.5 Å². The standard InChI is InChI=1S/C13H28N2/c1-5-7-12(2)15(4)11-13(3)8-6-9-14-10-13/h12,14H,5-11H2,1-4H3. The van der Waals surface area contributed by atoms with Crippen LogP contribution in [0, 0.1) is 5.41 Å². The molecule has 0 aromatic rings. The molecule has 1 fully saturated rings. The quantitative estimate of drug-likeness (QED) is 0.753. The fourth-order valence-electron chi connectivity index (χ4n) is 2.65. The van der Waals surface area contributed by atoms with E-state index in [0.717, 1.165) is 6.04 Å². The van der Waals surface area contributed by atoms with Gasteiger partial charge >= 0.3 is 0 Å². The van der Waals surface area contributed by atoms with Crippen LogP contribution >= 0.6 is 0 Å². The number of nitrogens with one attached hydrogen (secondary N) is 1. The largest absolute Gasteiger partial charge is 0.316 e. The Morgan fingerprint density at radius 2 is 2.20 bits per heavy atom. The zero-order valence-electron chi connectivity index (χ0n) is 11.0. The number of nitrogens with zero attached hydrogens (tertiary/aromatic N) is 1. The lowest BCUT2D eigenvalue weighted by atomic mass is 9.82. The first kappa shape index (κ1) is 13.0. The normalized spacial score (nSPS) is 29.4. The van der Waals surface area contributed by atoms with Crippen LogP contribution in [0.5, 0.6) is 0 Å². The molecule has 0 aromatic heterocycles. The molecule has 0 amide bonds. The van der Waals surface area contributed by atoms with Crippen molar-refractivity contribution in [1.82, 2.24) is 10.2 Å². The minimum Gasteiger partial charge on any atom is -0.316 e. The monoisotopic (exact) mass is 212 g/mol. The van der Waals surface area contributed by atoms with Gasteiger partial charge in [-0.15, -0.1) is 0 Å². The van der Waals surface area contributed by atoms with Crippen molar-refractivity contribution in [2.24, 2.45) is 5.41 Å². The van der Waals surface area contributed by atoms with Crippen LogP contribution < -0.4 is 5.32 Å². The summed E-state index contributed by atoms with van der Waals surface area (Å²) in [7, 11) is 2.28. The first-order chi connectivity index (χ1) is 7.07. The summed E-state index contributed by atoms with van der Waals surface area (Å²) in [6.07, 6.45) is 5.33. The van der Waals surface area contributed by atoms with E-state index >= 15 is 0 Å². The molecule has 1 heterocycles. The maximum Gasteiger partial charge on any atom is 0.00640 e. The van der Waals surface area contributed by atoms with Crippen LogP contribution in [-0.2, 0) is 0 Å². The second-order valence-electron chi connectivity index (χ2n) is 5.64. The second kappa shape index (κ2) is 5.86. The summed E-state index contributed by atoms with van der Waals surface area (Å²) >= 11 is 0. The zero-order valence-corrected chi connectivity index (χ0v) is 11.0. The van der Waals surface area contributed by atoms with E-state index in [1.165, 1.54) is 45.3 Å². The second-order valence-corrected chi connectivity index (χ2v) is 5.64. The van der Waals surface area contributed by atoms with Crippen LogP contribution in [-0.4, -0.2) is 37.6 Å². The average molecular weight is 212 g/mol. The van der Waals surface area contributed by atoms with E-state index in [-0.39, 0.29) is 0 Å². The van der Waals surface area contributed by atoms with E-state index in [0.29, 0.717) is 5.41 Å². The molecule has 2 nitrogen and oxygen atoms in total. The molecule has 1 saturated heterocycles. The van der Waals surface area contributed by atoms with Crippen molar-refractivity contribution >= 4 is 0 Å². The summed E-state index contributed by atoms with van der Waals surface area (Å²) < 4.78 is 0. The predicted molar refractivity (Wildman–Crippen MR) is 67.2 cm³/mol. The van der Waals surface area contributed by atoms with Crippen LogP contribution in [0.1, 0.15) is 46.5 Å². The van der Waals surface area contributed by atoms with Gasteiger partial charge in [-0.05, 0) is 45.2 Å². The summed E-state index contributed by atoms with van der Waals surface area (Å²) in [5, 5.41) is 3.52. The SMILES string of the molecule is CCCC(C)N(C)CC1(C)CCCNC1. The molecule has 0 aliphatic carbocycles. The van der Waals surface area contributed by atoms with Crippen LogP contribution in [0.25, 0.3) is 0 Å². The van der Waals surface area contributed by atoms with E-state index < -0.39 is 0 Å². The van der Waals surface area contributed by atoms with Crippen molar-refractivity contribution in [1.29, 1.82) is 0 Å². The molecule has 2 atom stereocenters. The highest BCUT2D eigenvalue weighted by atomic mass is 15.1. The first-order valence-electron chi connectivity index (χ1n) is 6.48. The van der Waals surface area contributed by atoms with E-state index in [4.69, 9.17) is 0 Å². The molecule has 1 N–H and O–H groups in total. The summed E-state index contributed by atoms with van der Waals surface area (Å²) in [6.45, 7) is 10.7. The van der Waals surface area contributed by atoms with E-state index in [9.17, 15) is 0 Å². The van der Waals surface area contributed by atoms with Gasteiger partial charge in [0.05, 0.1) is 0 Å². The highest BCUT2D eigenvalue weighted by molar-refractivity contribution is 4.84. The summed E-state index contributed by atoms with van der Waals surface area (Å²) in [6, 6.07) is 0.730. The van der Waals surface area contributed by atoms with Gasteiger partial charge in [0, 0.05) is 19.1 Å². The lowest BCUT2D eigenvalue weighted by Gasteiger charge is -2.39. The Hall–Kier alpha value is -0.0800. The first-order valence-corrected chi connectivity index (χ1v) is 6.48. The van der Waals surface area contributed by atoms with Crippen LogP contribution in [0.2, 0.25) is 0 Å². The van der Waals surface area contributed by atoms with Gasteiger partial charge in [-0.2, -0.15) is 0 Å². The molecule has 2 unspecified atom stereocenters. The smallest absolute Gasteiger partial charge is 0.00640 e. The molecule has 90 valence electrons. The van der Waals surface area contributed by atoms with Crippen LogP contribution in [0.3, 0.4) is 0 Å². The predicted octanol–water partition coefficient (Wildman–Crippen LogP) is 2.50. The molecule has 0 saturated carbocycles. The van der Waals surface area contributed by atoms with Gasteiger partial charge in [0.2, 0.25) is 0 Å². The van der Waals surface area contributed by atoms with E-state index in [1.807, 2.05) is 0 Å². The molecule has 0 radical (unpaired) electrons. The van der Waals surface area contributed by atoms with Crippen LogP contribution in [0.15, 0.2) is 0 Å². The van der Waals surface area contributed by atoms with Crippen molar-refractivity contribution in [3.05, 3.63) is 0 Å². The summed E-state index contributed by atoms with van der Waals surface area (Å²) in [5.74, 6) is 0. The van der Waals surface area contributed by atoms with Crippen molar-refractivity contribution in [3.8, 4) is 0 Å². The lowest BCUT2D eigenvalue weighted by molar-refractivity contribution is 0.123. The number of rotatable bonds is 5. The Bertz CT molecular complexity index is 173. The highest BCUT2D eigenvalue weighted by Crippen LogP contribution is 2.27. The van der Waals surface area contributed by atoms with Crippen molar-refractivity contribution in [3.63, 3.8) is 0 Å². The maximum atomic E-state index is 3.52. The summed E-state index contributed by atoms with van der Waals surface area (Å²) in [5.41, 5.74) is 0.495. The maximum absolute atomic E-state index is 3.52. The van der Waals surface area contributed by atoms with Crippen molar-refractivity contribution < 1.29 is 0 Å². The minimum atomic E-state index is 0.495. The lowest BCUT2D eigenvalue weighted by Crippen LogP contribution is -2.46. The Morgan fingerprint density at radius 3 is 2.73 bits per heavy atom. The van der Waals surface area contributed by atoms with Gasteiger partial charge in [-0.1, -0.05) is 20.3 Å². The van der Waals surface area contributed by atoms with Gasteiger partial charge in [-0.3, -0.25) is 0 Å². The van der Waals surface area contributed by atoms with E-state index in [1.54, 1.807) is 0 Å². The van der Waals surface area contributed by atoms with Gasteiger partial charge in [-0.25, -0.2) is 0 Å². The molecule has 0 aromatic carbocycles. The van der Waals surface area contributed by atoms with Gasteiger partial charge in [0.1, 0.15) is 0 Å². The van der Waals surface area contributed by atoms with E-state index in [2.05, 4.69) is 38.0 Å². The third-order valence-corrected chi connectivity index (χ3v) is 3.78. The van der Waals surface area contributed by atoms with Gasteiger partial charge in [0.15, 0.2) is 0 Å². The van der Waals surface area contributed by atoms with Gasteiger partial charge < -0.3 is 10.2 Å². The topological polar surface area (TPSA) is 15.3 Å². The molecule has 2 heteroatoms. The molecule has 1 rings (SSSR count). The molecular formula is C13H28N2. The van der Waals surface area contributed by atoms with Gasteiger partial charge in [0.25, 0.3) is 0 Å². The zero-order chi connectivity index (χ0) is 11.3. The Kier molecular flexibility index (Phi) is 5.07. The highest BCUT2D eigenvalue weighted by Gasteiger charge is 2.28. The number of hydrogen-bond donors (Lipinski definition) is 1. The molecular weight excluding hydrogens is 184 g/mol. The average Bonchev–Trinajstić information content (AvgIpc) is 2.18. The summed E-state index contributed by atoms with van der Waals surface area (Å²) in [4.78, 5) is 2.54. The minimum absolute atomic E-state index is 0.495. The fourth-order valence-corrected chi connectivity index (χ4v) is 2.65. The molecule has 1 aliphatic rings. The molecule has 0 bridgehead atoms. The fraction of sp³-hybridized carbons (Fsp3) is 1.00.